The third kappa shape index (κ3) is 4.05. The van der Waals surface area contributed by atoms with E-state index >= 15 is 0 Å². The number of benzene rings is 1. The Morgan fingerprint density at radius 1 is 1.40 bits per heavy atom. The van der Waals surface area contributed by atoms with Crippen molar-refractivity contribution in [2.45, 2.75) is 26.9 Å². The third-order valence-corrected chi connectivity index (χ3v) is 3.35. The molecule has 0 radical (unpaired) electrons. The van der Waals surface area contributed by atoms with Crippen molar-refractivity contribution in [3.8, 4) is 0 Å². The summed E-state index contributed by atoms with van der Waals surface area (Å²) >= 11 is 6.10. The van der Waals surface area contributed by atoms with Gasteiger partial charge in [0, 0.05) is 17.4 Å². The summed E-state index contributed by atoms with van der Waals surface area (Å²) < 4.78 is 15.3. The van der Waals surface area contributed by atoms with Crippen molar-refractivity contribution in [2.24, 2.45) is 5.92 Å². The largest absolute Gasteiger partial charge is 0.329 e. The molecule has 1 aromatic carbocycles. The molecule has 0 atom stereocenters. The second-order valence-electron chi connectivity index (χ2n) is 5.23. The molecule has 5 heteroatoms. The van der Waals surface area contributed by atoms with E-state index in [0.29, 0.717) is 24.0 Å². The smallest absolute Gasteiger partial charge is 0.123 e. The molecule has 0 bridgehead atoms. The van der Waals surface area contributed by atoms with Gasteiger partial charge in [-0.15, -0.1) is 0 Å². The van der Waals surface area contributed by atoms with Crippen LogP contribution in [0.2, 0.25) is 5.02 Å². The fourth-order valence-corrected chi connectivity index (χ4v) is 2.15. The number of imidazole rings is 1. The maximum absolute atomic E-state index is 13.3. The molecule has 0 saturated carbocycles. The van der Waals surface area contributed by atoms with Gasteiger partial charge in [-0.05, 0) is 36.2 Å². The second kappa shape index (κ2) is 6.86. The van der Waals surface area contributed by atoms with Crippen molar-refractivity contribution >= 4 is 11.6 Å². The van der Waals surface area contributed by atoms with Crippen LogP contribution in [0.5, 0.6) is 0 Å². The summed E-state index contributed by atoms with van der Waals surface area (Å²) in [6.07, 6.45) is 3.63. The molecule has 1 heterocycles. The number of halogens is 2. The van der Waals surface area contributed by atoms with Crippen molar-refractivity contribution in [3.63, 3.8) is 0 Å². The monoisotopic (exact) mass is 295 g/mol. The normalized spacial score (nSPS) is 11.2. The Balaban J connectivity index is 2.06. The Kier molecular flexibility index (Phi) is 5.15. The Morgan fingerprint density at radius 2 is 2.20 bits per heavy atom. The molecule has 0 aliphatic rings. The average molecular weight is 296 g/mol. The lowest BCUT2D eigenvalue weighted by Crippen LogP contribution is -2.21. The highest BCUT2D eigenvalue weighted by atomic mass is 35.5. The van der Waals surface area contributed by atoms with Crippen LogP contribution in [-0.2, 0) is 13.1 Å². The number of aromatic nitrogens is 2. The Hall–Kier alpha value is -1.39. The van der Waals surface area contributed by atoms with E-state index in [-0.39, 0.29) is 5.82 Å². The Bertz CT molecular complexity index is 566. The highest BCUT2D eigenvalue weighted by Gasteiger charge is 2.07. The van der Waals surface area contributed by atoms with Crippen LogP contribution in [0.4, 0.5) is 4.39 Å². The van der Waals surface area contributed by atoms with Gasteiger partial charge in [-0.25, -0.2) is 9.37 Å². The first-order valence-corrected chi connectivity index (χ1v) is 7.08. The van der Waals surface area contributed by atoms with Crippen LogP contribution in [0.3, 0.4) is 0 Å². The van der Waals surface area contributed by atoms with Gasteiger partial charge in [-0.3, -0.25) is 0 Å². The quantitative estimate of drug-likeness (QED) is 0.884. The zero-order valence-corrected chi connectivity index (χ0v) is 12.5. The fourth-order valence-electron chi connectivity index (χ4n) is 1.97. The standard InChI is InChI=1S/C15H19ClFN3/c1-11(2)8-18-9-15-19-5-6-20(15)10-12-7-13(17)3-4-14(12)16/h3-7,11,18H,8-10H2,1-2H3. The van der Waals surface area contributed by atoms with Gasteiger partial charge in [-0.2, -0.15) is 0 Å². The van der Waals surface area contributed by atoms with Crippen molar-refractivity contribution in [3.05, 3.63) is 52.8 Å². The van der Waals surface area contributed by atoms with E-state index in [0.717, 1.165) is 17.9 Å². The molecule has 0 saturated heterocycles. The van der Waals surface area contributed by atoms with Gasteiger partial charge in [0.1, 0.15) is 11.6 Å². The van der Waals surface area contributed by atoms with Crippen LogP contribution < -0.4 is 5.32 Å². The maximum Gasteiger partial charge on any atom is 0.123 e. The summed E-state index contributed by atoms with van der Waals surface area (Å²) in [6.45, 7) is 6.47. The highest BCUT2D eigenvalue weighted by molar-refractivity contribution is 6.31. The third-order valence-electron chi connectivity index (χ3n) is 2.99. The van der Waals surface area contributed by atoms with Crippen molar-refractivity contribution in [1.82, 2.24) is 14.9 Å². The van der Waals surface area contributed by atoms with Gasteiger partial charge >= 0.3 is 0 Å². The van der Waals surface area contributed by atoms with Crippen LogP contribution in [0.25, 0.3) is 0 Å². The van der Waals surface area contributed by atoms with Crippen molar-refractivity contribution in [2.75, 3.05) is 6.54 Å². The molecule has 3 nitrogen and oxygen atoms in total. The minimum Gasteiger partial charge on any atom is -0.329 e. The number of nitrogens with zero attached hydrogens (tertiary/aromatic N) is 2. The summed E-state index contributed by atoms with van der Waals surface area (Å²) in [5, 5.41) is 3.92. The van der Waals surface area contributed by atoms with E-state index in [1.54, 1.807) is 12.3 Å². The van der Waals surface area contributed by atoms with Crippen LogP contribution in [0, 0.1) is 11.7 Å². The van der Waals surface area contributed by atoms with Crippen molar-refractivity contribution in [1.29, 1.82) is 0 Å². The summed E-state index contributed by atoms with van der Waals surface area (Å²) in [5.74, 6) is 1.24. The number of rotatable bonds is 6. The molecular weight excluding hydrogens is 277 g/mol. The molecule has 0 unspecified atom stereocenters. The molecule has 1 aromatic heterocycles. The Labute approximate surface area is 123 Å². The number of nitrogens with one attached hydrogen (secondary N) is 1. The first-order chi connectivity index (χ1) is 9.56. The van der Waals surface area contributed by atoms with Gasteiger partial charge in [0.2, 0.25) is 0 Å². The van der Waals surface area contributed by atoms with E-state index < -0.39 is 0 Å². The van der Waals surface area contributed by atoms with E-state index in [4.69, 9.17) is 11.6 Å². The zero-order chi connectivity index (χ0) is 14.5. The minimum atomic E-state index is -0.274. The van der Waals surface area contributed by atoms with Crippen LogP contribution in [-0.4, -0.2) is 16.1 Å². The lowest BCUT2D eigenvalue weighted by atomic mass is 10.2. The summed E-state index contributed by atoms with van der Waals surface area (Å²) in [7, 11) is 0. The van der Waals surface area contributed by atoms with Crippen LogP contribution in [0.1, 0.15) is 25.2 Å². The fraction of sp³-hybridized carbons (Fsp3) is 0.400. The molecule has 20 heavy (non-hydrogen) atoms. The van der Waals surface area contributed by atoms with E-state index in [2.05, 4.69) is 24.1 Å². The molecule has 2 aromatic rings. The summed E-state index contributed by atoms with van der Waals surface area (Å²) in [4.78, 5) is 4.32. The molecule has 1 N–H and O–H groups in total. The van der Waals surface area contributed by atoms with Gasteiger partial charge in [0.25, 0.3) is 0 Å². The lowest BCUT2D eigenvalue weighted by molar-refractivity contribution is 0.532. The second-order valence-corrected chi connectivity index (χ2v) is 5.64. The zero-order valence-electron chi connectivity index (χ0n) is 11.7. The van der Waals surface area contributed by atoms with Gasteiger partial charge in [0.05, 0.1) is 13.1 Å². The molecule has 0 aliphatic heterocycles. The molecule has 0 amide bonds. The van der Waals surface area contributed by atoms with Crippen LogP contribution >= 0.6 is 11.6 Å². The minimum absolute atomic E-state index is 0.274. The van der Waals surface area contributed by atoms with E-state index in [1.165, 1.54) is 12.1 Å². The predicted molar refractivity (Wildman–Crippen MR) is 79.3 cm³/mol. The van der Waals surface area contributed by atoms with Crippen molar-refractivity contribution < 1.29 is 4.39 Å². The van der Waals surface area contributed by atoms with Gasteiger partial charge in [0.15, 0.2) is 0 Å². The predicted octanol–water partition coefficient (Wildman–Crippen LogP) is 3.47. The van der Waals surface area contributed by atoms with E-state index in [9.17, 15) is 4.39 Å². The van der Waals surface area contributed by atoms with Gasteiger partial charge < -0.3 is 9.88 Å². The summed E-state index contributed by atoms with van der Waals surface area (Å²) in [5.41, 5.74) is 0.759. The molecule has 108 valence electrons. The molecule has 0 spiro atoms. The maximum atomic E-state index is 13.3. The molecule has 0 fully saturated rings. The number of hydrogen-bond donors (Lipinski definition) is 1. The number of hydrogen-bond acceptors (Lipinski definition) is 2. The first kappa shape index (κ1) is 15.0. The SMILES string of the molecule is CC(C)CNCc1nccn1Cc1cc(F)ccc1Cl. The molecule has 2 rings (SSSR count). The van der Waals surface area contributed by atoms with E-state index in [1.807, 2.05) is 10.8 Å². The first-order valence-electron chi connectivity index (χ1n) is 6.71. The Morgan fingerprint density at radius 3 is 2.95 bits per heavy atom. The lowest BCUT2D eigenvalue weighted by Gasteiger charge is -2.11. The average Bonchev–Trinajstić information content (AvgIpc) is 2.81. The van der Waals surface area contributed by atoms with Gasteiger partial charge in [-0.1, -0.05) is 25.4 Å². The summed E-state index contributed by atoms with van der Waals surface area (Å²) in [6, 6.07) is 4.42. The molecular formula is C15H19ClFN3. The molecule has 0 aliphatic carbocycles. The van der Waals surface area contributed by atoms with Crippen LogP contribution in [0.15, 0.2) is 30.6 Å². The topological polar surface area (TPSA) is 29.9 Å². The highest BCUT2D eigenvalue weighted by Crippen LogP contribution is 2.18.